The van der Waals surface area contributed by atoms with Crippen LogP contribution in [0.2, 0.25) is 0 Å². The zero-order chi connectivity index (χ0) is 15.3. The minimum Gasteiger partial charge on any atom is -0.386 e. The smallest absolute Gasteiger partial charge is 0.254 e. The maximum Gasteiger partial charge on any atom is 0.254 e. The number of nitrogens with one attached hydrogen (secondary N) is 1. The summed E-state index contributed by atoms with van der Waals surface area (Å²) >= 11 is 0. The molecule has 21 heavy (non-hydrogen) atoms. The van der Waals surface area contributed by atoms with Gasteiger partial charge in [-0.15, -0.1) is 0 Å². The fraction of sp³-hybridized carbons (Fsp3) is 0.500. The van der Waals surface area contributed by atoms with E-state index in [0.29, 0.717) is 30.3 Å². The molecular formula is C14H18N2O4S. The van der Waals surface area contributed by atoms with Crippen LogP contribution in [0.25, 0.3) is 0 Å². The second-order valence-electron chi connectivity index (χ2n) is 5.99. The van der Waals surface area contributed by atoms with Gasteiger partial charge in [0.05, 0.1) is 19.3 Å². The van der Waals surface area contributed by atoms with Crippen molar-refractivity contribution in [3.8, 4) is 0 Å². The normalized spacial score (nSPS) is 20.8. The third-order valence-corrected chi connectivity index (χ3v) is 4.60. The monoisotopic (exact) mass is 310 g/mol. The van der Waals surface area contributed by atoms with Gasteiger partial charge in [0, 0.05) is 11.3 Å². The Hall–Kier alpha value is -1.60. The van der Waals surface area contributed by atoms with Gasteiger partial charge in [0.15, 0.2) is 0 Å². The number of amides is 1. The first kappa shape index (κ1) is 14.3. The van der Waals surface area contributed by atoms with Gasteiger partial charge < -0.3 is 10.0 Å². The predicted molar refractivity (Wildman–Crippen MR) is 78.5 cm³/mol. The highest BCUT2D eigenvalue weighted by Gasteiger charge is 2.53. The zero-order valence-electron chi connectivity index (χ0n) is 11.7. The van der Waals surface area contributed by atoms with E-state index in [1.807, 2.05) is 0 Å². The number of carbonyl (C=O) groups excluding carboxylic acids is 1. The van der Waals surface area contributed by atoms with E-state index in [4.69, 9.17) is 0 Å². The summed E-state index contributed by atoms with van der Waals surface area (Å²) in [5, 5.41) is 10.2. The molecule has 0 spiro atoms. The molecule has 1 aromatic rings. The summed E-state index contributed by atoms with van der Waals surface area (Å²) in [6.45, 7) is 0.777. The molecule has 0 unspecified atom stereocenters. The highest BCUT2D eigenvalue weighted by atomic mass is 32.2. The Kier molecular flexibility index (Phi) is 3.22. The Morgan fingerprint density at radius 1 is 1.29 bits per heavy atom. The van der Waals surface area contributed by atoms with Crippen LogP contribution in [-0.4, -0.2) is 49.3 Å². The average molecular weight is 310 g/mol. The SMILES string of the molecule is CS(=O)(=O)Nc1ccc(C(=O)N2CC(O)(C3CC3)C2)cc1. The number of sulfonamides is 1. The number of β-amino-alcohol motifs (C(OH)–C–C–N with tert-alkyl or cyclic N) is 1. The third kappa shape index (κ3) is 3.03. The van der Waals surface area contributed by atoms with Crippen LogP contribution in [0.5, 0.6) is 0 Å². The summed E-state index contributed by atoms with van der Waals surface area (Å²) in [5.41, 5.74) is 0.229. The molecule has 1 heterocycles. The van der Waals surface area contributed by atoms with Crippen LogP contribution < -0.4 is 4.72 Å². The largest absolute Gasteiger partial charge is 0.386 e. The van der Waals surface area contributed by atoms with Crippen LogP contribution in [-0.2, 0) is 10.0 Å². The van der Waals surface area contributed by atoms with Gasteiger partial charge in [-0.3, -0.25) is 9.52 Å². The van der Waals surface area contributed by atoms with Crippen LogP contribution in [0.1, 0.15) is 23.2 Å². The van der Waals surface area contributed by atoms with Crippen molar-refractivity contribution in [1.29, 1.82) is 0 Å². The zero-order valence-corrected chi connectivity index (χ0v) is 12.6. The first-order valence-electron chi connectivity index (χ1n) is 6.86. The summed E-state index contributed by atoms with van der Waals surface area (Å²) in [5.74, 6) is 0.217. The van der Waals surface area contributed by atoms with Crippen LogP contribution >= 0.6 is 0 Å². The van der Waals surface area contributed by atoms with Gasteiger partial charge in [-0.2, -0.15) is 0 Å². The summed E-state index contributed by atoms with van der Waals surface area (Å²) in [6, 6.07) is 6.29. The molecule has 2 N–H and O–H groups in total. The maximum absolute atomic E-state index is 12.2. The van der Waals surface area contributed by atoms with E-state index in [-0.39, 0.29) is 5.91 Å². The summed E-state index contributed by atoms with van der Waals surface area (Å²) in [6.07, 6.45) is 3.17. The highest BCUT2D eigenvalue weighted by molar-refractivity contribution is 7.92. The summed E-state index contributed by atoms with van der Waals surface area (Å²) < 4.78 is 24.6. The van der Waals surface area contributed by atoms with Crippen LogP contribution in [0.15, 0.2) is 24.3 Å². The lowest BCUT2D eigenvalue weighted by Gasteiger charge is -2.47. The number of carbonyl (C=O) groups is 1. The molecule has 0 bridgehead atoms. The van der Waals surface area contributed by atoms with Gasteiger partial charge in [0.25, 0.3) is 5.91 Å². The Labute approximate surface area is 123 Å². The topological polar surface area (TPSA) is 86.7 Å². The Morgan fingerprint density at radius 2 is 1.86 bits per heavy atom. The minimum absolute atomic E-state index is 0.133. The number of benzene rings is 1. The molecule has 114 valence electrons. The lowest BCUT2D eigenvalue weighted by Crippen LogP contribution is -2.64. The highest BCUT2D eigenvalue weighted by Crippen LogP contribution is 2.44. The molecule has 2 aliphatic rings. The second kappa shape index (κ2) is 4.71. The summed E-state index contributed by atoms with van der Waals surface area (Å²) in [4.78, 5) is 13.9. The van der Waals surface area contributed by atoms with Gasteiger partial charge in [-0.25, -0.2) is 8.42 Å². The van der Waals surface area contributed by atoms with Crippen LogP contribution in [0, 0.1) is 5.92 Å². The van der Waals surface area contributed by atoms with E-state index >= 15 is 0 Å². The van der Waals surface area contributed by atoms with Crippen LogP contribution in [0.3, 0.4) is 0 Å². The molecule has 7 heteroatoms. The molecular weight excluding hydrogens is 292 g/mol. The Balaban J connectivity index is 1.63. The van der Waals surface area contributed by atoms with E-state index in [2.05, 4.69) is 4.72 Å². The molecule has 1 aliphatic carbocycles. The molecule has 1 amide bonds. The van der Waals surface area contributed by atoms with E-state index in [1.54, 1.807) is 29.2 Å². The molecule has 0 aromatic heterocycles. The number of likely N-dealkylation sites (tertiary alicyclic amines) is 1. The van der Waals surface area contributed by atoms with E-state index < -0.39 is 15.6 Å². The van der Waals surface area contributed by atoms with Crippen molar-refractivity contribution in [2.24, 2.45) is 5.92 Å². The molecule has 1 aliphatic heterocycles. The standard InChI is InChI=1S/C14H18N2O4S/c1-21(19,20)15-12-6-2-10(3-7-12)13(17)16-8-14(18,9-16)11-4-5-11/h2-3,6-7,11,15,18H,4-5,8-9H2,1H3. The van der Waals surface area contributed by atoms with E-state index in [9.17, 15) is 18.3 Å². The van der Waals surface area contributed by atoms with Crippen molar-refractivity contribution >= 4 is 21.6 Å². The fourth-order valence-electron chi connectivity index (χ4n) is 2.71. The quantitative estimate of drug-likeness (QED) is 0.855. The number of anilines is 1. The molecule has 2 fully saturated rings. The summed E-state index contributed by atoms with van der Waals surface area (Å²) in [7, 11) is -3.32. The first-order valence-corrected chi connectivity index (χ1v) is 8.75. The molecule has 3 rings (SSSR count). The lowest BCUT2D eigenvalue weighted by molar-refractivity contribution is -0.0958. The number of hydrogen-bond acceptors (Lipinski definition) is 4. The van der Waals surface area contributed by atoms with Crippen molar-refractivity contribution in [3.63, 3.8) is 0 Å². The van der Waals surface area contributed by atoms with Crippen molar-refractivity contribution in [1.82, 2.24) is 4.90 Å². The van der Waals surface area contributed by atoms with E-state index in [1.165, 1.54) is 0 Å². The predicted octanol–water partition coefficient (Wildman–Crippen LogP) is 0.655. The molecule has 1 saturated carbocycles. The van der Waals surface area contributed by atoms with Gasteiger partial charge in [0.2, 0.25) is 10.0 Å². The Morgan fingerprint density at radius 3 is 2.33 bits per heavy atom. The molecule has 1 saturated heterocycles. The van der Waals surface area contributed by atoms with Gasteiger partial charge in [0.1, 0.15) is 5.60 Å². The molecule has 1 aromatic carbocycles. The van der Waals surface area contributed by atoms with Crippen molar-refractivity contribution in [3.05, 3.63) is 29.8 Å². The van der Waals surface area contributed by atoms with Crippen LogP contribution in [0.4, 0.5) is 5.69 Å². The molecule has 6 nitrogen and oxygen atoms in total. The van der Waals surface area contributed by atoms with Gasteiger partial charge in [-0.1, -0.05) is 0 Å². The maximum atomic E-state index is 12.2. The van der Waals surface area contributed by atoms with Crippen molar-refractivity contribution < 1.29 is 18.3 Å². The third-order valence-electron chi connectivity index (χ3n) is 3.99. The second-order valence-corrected chi connectivity index (χ2v) is 7.74. The number of nitrogens with zero attached hydrogens (tertiary/aromatic N) is 1. The lowest BCUT2D eigenvalue weighted by atomic mass is 9.88. The Bertz CT molecular complexity index is 659. The number of hydrogen-bond donors (Lipinski definition) is 2. The van der Waals surface area contributed by atoms with E-state index in [0.717, 1.165) is 19.1 Å². The van der Waals surface area contributed by atoms with Crippen molar-refractivity contribution in [2.45, 2.75) is 18.4 Å². The first-order chi connectivity index (χ1) is 9.77. The fourth-order valence-corrected chi connectivity index (χ4v) is 3.28. The number of rotatable bonds is 4. The van der Waals surface area contributed by atoms with Gasteiger partial charge in [-0.05, 0) is 43.0 Å². The molecule has 0 radical (unpaired) electrons. The number of aliphatic hydroxyl groups is 1. The molecule has 0 atom stereocenters. The van der Waals surface area contributed by atoms with Crippen molar-refractivity contribution in [2.75, 3.05) is 24.1 Å². The average Bonchev–Trinajstić information content (AvgIpc) is 3.17. The van der Waals surface area contributed by atoms with Gasteiger partial charge >= 0.3 is 0 Å². The minimum atomic E-state index is -3.32.